The Hall–Kier alpha value is -2.78. The Morgan fingerprint density at radius 3 is 3.04 bits per heavy atom. The summed E-state index contributed by atoms with van der Waals surface area (Å²) in [5, 5.41) is 10.6. The number of hydrogen-bond acceptors (Lipinski definition) is 6. The van der Waals surface area contributed by atoms with Crippen LogP contribution in [0.5, 0.6) is 0 Å². The molecule has 0 bridgehead atoms. The third-order valence-electron chi connectivity index (χ3n) is 4.36. The first-order valence-corrected chi connectivity index (χ1v) is 8.50. The zero-order valence-electron chi connectivity index (χ0n) is 14.8. The summed E-state index contributed by atoms with van der Waals surface area (Å²) < 4.78 is 5.83. The van der Waals surface area contributed by atoms with Crippen LogP contribution in [0.25, 0.3) is 11.0 Å². The first kappa shape index (κ1) is 16.7. The third-order valence-corrected chi connectivity index (χ3v) is 4.36. The Morgan fingerprint density at radius 2 is 2.19 bits per heavy atom. The number of benzene rings is 1. The molecule has 0 aliphatic carbocycles. The Morgan fingerprint density at radius 1 is 1.35 bits per heavy atom. The van der Waals surface area contributed by atoms with Crippen molar-refractivity contribution in [2.45, 2.75) is 12.6 Å². The Kier molecular flexibility index (Phi) is 4.39. The van der Waals surface area contributed by atoms with Crippen LogP contribution >= 0.6 is 0 Å². The van der Waals surface area contributed by atoms with Crippen molar-refractivity contribution in [1.82, 2.24) is 35.2 Å². The van der Waals surface area contributed by atoms with Crippen molar-refractivity contribution in [3.05, 3.63) is 41.5 Å². The number of rotatable bonds is 4. The second-order valence-corrected chi connectivity index (χ2v) is 6.67. The summed E-state index contributed by atoms with van der Waals surface area (Å²) in [6.45, 7) is 2.27. The molecule has 0 radical (unpaired) electrons. The molecule has 1 aliphatic heterocycles. The summed E-state index contributed by atoms with van der Waals surface area (Å²) in [6.07, 6.45) is 1.57. The first-order valence-electron chi connectivity index (χ1n) is 8.50. The number of nitrogens with one attached hydrogen (secondary N) is 2. The summed E-state index contributed by atoms with van der Waals surface area (Å²) in [6, 6.07) is 5.33. The molecular weight excluding hydrogens is 334 g/mol. The number of morpholine rings is 1. The summed E-state index contributed by atoms with van der Waals surface area (Å²) in [5.41, 5.74) is 3.04. The van der Waals surface area contributed by atoms with Crippen molar-refractivity contribution >= 4 is 16.9 Å². The van der Waals surface area contributed by atoms with Gasteiger partial charge in [-0.3, -0.25) is 4.79 Å². The highest BCUT2D eigenvalue weighted by Crippen LogP contribution is 2.22. The molecule has 1 aromatic carbocycles. The van der Waals surface area contributed by atoms with E-state index in [0.29, 0.717) is 30.8 Å². The van der Waals surface area contributed by atoms with Crippen LogP contribution in [0.15, 0.2) is 24.4 Å². The fourth-order valence-electron chi connectivity index (χ4n) is 3.12. The van der Waals surface area contributed by atoms with E-state index >= 15 is 0 Å². The van der Waals surface area contributed by atoms with Gasteiger partial charge >= 0.3 is 0 Å². The largest absolute Gasteiger partial charge is 0.367 e. The number of carbonyl (C=O) groups excluding carboxylic acids is 1. The molecule has 3 aromatic rings. The molecule has 2 N–H and O–H groups in total. The number of hydrogen-bond donors (Lipinski definition) is 2. The van der Waals surface area contributed by atoms with Gasteiger partial charge in [-0.15, -0.1) is 0 Å². The predicted octanol–water partition coefficient (Wildman–Crippen LogP) is 0.956. The average Bonchev–Trinajstić information content (AvgIpc) is 3.29. The fourth-order valence-corrected chi connectivity index (χ4v) is 3.12. The quantitative estimate of drug-likeness (QED) is 0.722. The van der Waals surface area contributed by atoms with E-state index in [-0.39, 0.29) is 12.0 Å². The minimum atomic E-state index is -0.251. The molecule has 9 heteroatoms. The molecule has 1 aliphatic rings. The monoisotopic (exact) mass is 355 g/mol. The Bertz CT molecular complexity index is 917. The molecule has 0 unspecified atom stereocenters. The van der Waals surface area contributed by atoms with E-state index in [4.69, 9.17) is 4.74 Å². The normalized spacial score (nSPS) is 18.0. The van der Waals surface area contributed by atoms with Gasteiger partial charge in [0.05, 0.1) is 13.2 Å². The number of aromatic amines is 2. The lowest BCUT2D eigenvalue weighted by Crippen LogP contribution is -2.42. The number of amides is 1. The van der Waals surface area contributed by atoms with Gasteiger partial charge in [0, 0.05) is 30.5 Å². The van der Waals surface area contributed by atoms with Crippen molar-refractivity contribution in [3.63, 3.8) is 0 Å². The standard InChI is InChI=1S/C17H21N7O2/c1-23(2)9-12-8-18-16(19-12)15-10-24(5-6-26-15)17(25)11-3-4-13-14(7-11)21-22-20-13/h3-4,7-8,15H,5-6,9-10H2,1-2H3,(H,18,19)(H,20,21,22)/t15-/m1/s1. The molecule has 0 spiro atoms. The zero-order chi connectivity index (χ0) is 18.1. The summed E-state index contributed by atoms with van der Waals surface area (Å²) in [4.78, 5) is 24.4. The number of aromatic nitrogens is 5. The molecule has 1 atom stereocenters. The molecule has 4 rings (SSSR count). The van der Waals surface area contributed by atoms with Crippen LogP contribution < -0.4 is 0 Å². The van der Waals surface area contributed by atoms with Crippen LogP contribution in [-0.4, -0.2) is 74.9 Å². The molecule has 1 saturated heterocycles. The highest BCUT2D eigenvalue weighted by molar-refractivity contribution is 5.97. The van der Waals surface area contributed by atoms with Gasteiger partial charge in [0.1, 0.15) is 23.0 Å². The molecule has 2 aromatic heterocycles. The number of imidazole rings is 1. The van der Waals surface area contributed by atoms with Crippen LogP contribution in [0.4, 0.5) is 0 Å². The smallest absolute Gasteiger partial charge is 0.254 e. The van der Waals surface area contributed by atoms with Crippen molar-refractivity contribution in [1.29, 1.82) is 0 Å². The molecule has 26 heavy (non-hydrogen) atoms. The van der Waals surface area contributed by atoms with E-state index in [1.165, 1.54) is 0 Å². The van der Waals surface area contributed by atoms with Crippen molar-refractivity contribution < 1.29 is 9.53 Å². The van der Waals surface area contributed by atoms with E-state index in [1.54, 1.807) is 23.1 Å². The molecular formula is C17H21N7O2. The van der Waals surface area contributed by atoms with Crippen molar-refractivity contribution in [3.8, 4) is 0 Å². The lowest BCUT2D eigenvalue weighted by molar-refractivity contribution is -0.0265. The van der Waals surface area contributed by atoms with Gasteiger partial charge in [-0.2, -0.15) is 15.4 Å². The molecule has 3 heterocycles. The van der Waals surface area contributed by atoms with Crippen molar-refractivity contribution in [2.75, 3.05) is 33.8 Å². The van der Waals surface area contributed by atoms with Gasteiger partial charge in [0.25, 0.3) is 5.91 Å². The summed E-state index contributed by atoms with van der Waals surface area (Å²) in [7, 11) is 4.01. The van der Waals surface area contributed by atoms with Crippen LogP contribution in [0.2, 0.25) is 0 Å². The van der Waals surface area contributed by atoms with Gasteiger partial charge in [-0.25, -0.2) is 4.98 Å². The van der Waals surface area contributed by atoms with Gasteiger partial charge in [0.15, 0.2) is 0 Å². The van der Waals surface area contributed by atoms with Gasteiger partial charge < -0.3 is 19.5 Å². The maximum atomic E-state index is 12.9. The molecule has 136 valence electrons. The number of H-pyrrole nitrogens is 2. The first-order chi connectivity index (χ1) is 12.6. The van der Waals surface area contributed by atoms with Crippen LogP contribution in [0, 0.1) is 0 Å². The van der Waals surface area contributed by atoms with Crippen LogP contribution in [0.3, 0.4) is 0 Å². The number of fused-ring (bicyclic) bond motifs is 1. The van der Waals surface area contributed by atoms with Crippen LogP contribution in [-0.2, 0) is 11.3 Å². The minimum absolute atomic E-state index is 0.0386. The Labute approximate surface area is 150 Å². The predicted molar refractivity (Wildman–Crippen MR) is 94.5 cm³/mol. The van der Waals surface area contributed by atoms with Gasteiger partial charge in [-0.1, -0.05) is 0 Å². The molecule has 1 amide bonds. The fraction of sp³-hybridized carbons (Fsp3) is 0.412. The summed E-state index contributed by atoms with van der Waals surface area (Å²) >= 11 is 0. The third kappa shape index (κ3) is 3.31. The number of nitrogens with zero attached hydrogens (tertiary/aromatic N) is 5. The van der Waals surface area contributed by atoms with E-state index in [2.05, 4.69) is 30.3 Å². The number of ether oxygens (including phenoxy) is 1. The Balaban J connectivity index is 1.48. The molecule has 1 fully saturated rings. The lowest BCUT2D eigenvalue weighted by atomic mass is 10.1. The maximum absolute atomic E-state index is 12.9. The molecule has 0 saturated carbocycles. The second kappa shape index (κ2) is 6.85. The summed E-state index contributed by atoms with van der Waals surface area (Å²) in [5.74, 6) is 0.717. The highest BCUT2D eigenvalue weighted by Gasteiger charge is 2.28. The van der Waals surface area contributed by atoms with Crippen LogP contribution in [0.1, 0.15) is 28.0 Å². The minimum Gasteiger partial charge on any atom is -0.367 e. The lowest BCUT2D eigenvalue weighted by Gasteiger charge is -2.32. The second-order valence-electron chi connectivity index (χ2n) is 6.67. The van der Waals surface area contributed by atoms with E-state index in [1.807, 2.05) is 20.3 Å². The zero-order valence-corrected chi connectivity index (χ0v) is 14.8. The van der Waals surface area contributed by atoms with Gasteiger partial charge in [0.2, 0.25) is 0 Å². The topological polar surface area (TPSA) is 103 Å². The SMILES string of the molecule is CN(C)Cc1cnc([C@H]2CN(C(=O)c3ccc4n[nH]nc4c3)CCO2)[nH]1. The molecule has 9 nitrogen and oxygen atoms in total. The highest BCUT2D eigenvalue weighted by atomic mass is 16.5. The maximum Gasteiger partial charge on any atom is 0.254 e. The average molecular weight is 355 g/mol. The van der Waals surface area contributed by atoms with E-state index in [9.17, 15) is 4.79 Å². The van der Waals surface area contributed by atoms with Gasteiger partial charge in [-0.05, 0) is 32.3 Å². The van der Waals surface area contributed by atoms with E-state index < -0.39 is 0 Å². The van der Waals surface area contributed by atoms with E-state index in [0.717, 1.165) is 23.6 Å². The number of carbonyl (C=O) groups is 1. The van der Waals surface area contributed by atoms with Crippen molar-refractivity contribution in [2.24, 2.45) is 0 Å².